The summed E-state index contributed by atoms with van der Waals surface area (Å²) < 4.78 is 5.57. The Morgan fingerprint density at radius 2 is 1.79 bits per heavy atom. The standard InChI is InChI=1S/C15H22N2O2/c1-10-8-12(14(17)13(16)9-10)15(18)19-11-6-4-2-3-5-7-11/h8-9,11H,2-7,16-17H2,1H3. The smallest absolute Gasteiger partial charge is 0.340 e. The lowest BCUT2D eigenvalue weighted by molar-refractivity contribution is 0.0268. The molecule has 0 bridgehead atoms. The van der Waals surface area contributed by atoms with E-state index < -0.39 is 0 Å². The predicted octanol–water partition coefficient (Wildman–Crippen LogP) is 3.04. The molecule has 0 spiro atoms. The molecule has 19 heavy (non-hydrogen) atoms. The Hall–Kier alpha value is -1.71. The Balaban J connectivity index is 2.11. The highest BCUT2D eigenvalue weighted by Crippen LogP contribution is 2.25. The number of anilines is 2. The molecule has 0 atom stereocenters. The van der Waals surface area contributed by atoms with Gasteiger partial charge in [0, 0.05) is 0 Å². The number of carbonyl (C=O) groups excluding carboxylic acids is 1. The van der Waals surface area contributed by atoms with E-state index in [1.165, 1.54) is 12.8 Å². The minimum atomic E-state index is -0.347. The Labute approximate surface area is 114 Å². The van der Waals surface area contributed by atoms with Crippen LogP contribution in [-0.2, 0) is 4.74 Å². The van der Waals surface area contributed by atoms with Crippen LogP contribution >= 0.6 is 0 Å². The van der Waals surface area contributed by atoms with Crippen molar-refractivity contribution in [3.8, 4) is 0 Å². The zero-order valence-electron chi connectivity index (χ0n) is 11.4. The molecule has 0 saturated heterocycles. The number of nitrogen functional groups attached to an aromatic ring is 2. The number of nitrogens with two attached hydrogens (primary N) is 2. The Kier molecular flexibility index (Phi) is 4.30. The van der Waals surface area contributed by atoms with Crippen molar-refractivity contribution in [2.24, 2.45) is 0 Å². The van der Waals surface area contributed by atoms with Gasteiger partial charge in [0.25, 0.3) is 0 Å². The molecule has 1 aromatic rings. The van der Waals surface area contributed by atoms with Crippen molar-refractivity contribution >= 4 is 17.3 Å². The van der Waals surface area contributed by atoms with Gasteiger partial charge in [-0.05, 0) is 50.3 Å². The molecule has 4 heteroatoms. The van der Waals surface area contributed by atoms with Crippen molar-refractivity contribution in [1.29, 1.82) is 0 Å². The minimum absolute atomic E-state index is 0.0242. The number of hydrogen-bond donors (Lipinski definition) is 2. The van der Waals surface area contributed by atoms with Crippen molar-refractivity contribution in [1.82, 2.24) is 0 Å². The fourth-order valence-electron chi connectivity index (χ4n) is 2.57. The van der Waals surface area contributed by atoms with Gasteiger partial charge in [0.2, 0.25) is 0 Å². The summed E-state index contributed by atoms with van der Waals surface area (Å²) in [6.45, 7) is 1.89. The van der Waals surface area contributed by atoms with E-state index in [2.05, 4.69) is 0 Å². The zero-order valence-corrected chi connectivity index (χ0v) is 11.4. The summed E-state index contributed by atoms with van der Waals surface area (Å²) >= 11 is 0. The molecule has 4 N–H and O–H groups in total. The summed E-state index contributed by atoms with van der Waals surface area (Å²) in [5.41, 5.74) is 13.7. The van der Waals surface area contributed by atoms with Crippen LogP contribution in [0.5, 0.6) is 0 Å². The summed E-state index contributed by atoms with van der Waals surface area (Å²) in [4.78, 5) is 12.2. The second kappa shape index (κ2) is 5.95. The molecule has 0 heterocycles. The van der Waals surface area contributed by atoms with Gasteiger partial charge in [-0.15, -0.1) is 0 Å². The molecule has 1 aromatic carbocycles. The molecule has 0 radical (unpaired) electrons. The number of carbonyl (C=O) groups is 1. The first kappa shape index (κ1) is 13.7. The quantitative estimate of drug-likeness (QED) is 0.488. The van der Waals surface area contributed by atoms with E-state index in [9.17, 15) is 4.79 Å². The summed E-state index contributed by atoms with van der Waals surface area (Å²) in [7, 11) is 0. The highest BCUT2D eigenvalue weighted by atomic mass is 16.5. The van der Waals surface area contributed by atoms with Crippen molar-refractivity contribution in [3.05, 3.63) is 23.3 Å². The van der Waals surface area contributed by atoms with Crippen LogP contribution in [-0.4, -0.2) is 12.1 Å². The second-order valence-electron chi connectivity index (χ2n) is 5.33. The number of aryl methyl sites for hydroxylation is 1. The van der Waals surface area contributed by atoms with Crippen LogP contribution < -0.4 is 11.5 Å². The number of ether oxygens (including phenoxy) is 1. The summed E-state index contributed by atoms with van der Waals surface area (Å²) in [5, 5.41) is 0. The first-order chi connectivity index (χ1) is 9.08. The molecule has 1 saturated carbocycles. The van der Waals surface area contributed by atoms with Crippen molar-refractivity contribution in [2.75, 3.05) is 11.5 Å². The molecular weight excluding hydrogens is 240 g/mol. The third-order valence-electron chi connectivity index (χ3n) is 3.65. The lowest BCUT2D eigenvalue weighted by Crippen LogP contribution is -2.19. The van der Waals surface area contributed by atoms with Gasteiger partial charge in [0.15, 0.2) is 0 Å². The van der Waals surface area contributed by atoms with Crippen LogP contribution in [0.4, 0.5) is 11.4 Å². The van der Waals surface area contributed by atoms with Crippen LogP contribution in [0, 0.1) is 6.92 Å². The van der Waals surface area contributed by atoms with E-state index in [4.69, 9.17) is 16.2 Å². The molecular formula is C15H22N2O2. The topological polar surface area (TPSA) is 78.3 Å². The average Bonchev–Trinajstić information content (AvgIpc) is 2.62. The largest absolute Gasteiger partial charge is 0.459 e. The van der Waals surface area contributed by atoms with Gasteiger partial charge in [-0.25, -0.2) is 4.79 Å². The fourth-order valence-corrected chi connectivity index (χ4v) is 2.57. The molecule has 1 fully saturated rings. The monoisotopic (exact) mass is 262 g/mol. The molecule has 0 aliphatic heterocycles. The van der Waals surface area contributed by atoms with E-state index in [-0.39, 0.29) is 12.1 Å². The summed E-state index contributed by atoms with van der Waals surface area (Å²) in [6, 6.07) is 3.50. The molecule has 0 aromatic heterocycles. The van der Waals surface area contributed by atoms with Crippen LogP contribution in [0.25, 0.3) is 0 Å². The second-order valence-corrected chi connectivity index (χ2v) is 5.33. The molecule has 0 unspecified atom stereocenters. The van der Waals surface area contributed by atoms with E-state index in [0.717, 1.165) is 31.2 Å². The third-order valence-corrected chi connectivity index (χ3v) is 3.65. The number of esters is 1. The zero-order chi connectivity index (χ0) is 13.8. The van der Waals surface area contributed by atoms with Crippen molar-refractivity contribution in [2.45, 2.75) is 51.6 Å². The lowest BCUT2D eigenvalue weighted by Gasteiger charge is -2.17. The molecule has 2 rings (SSSR count). The van der Waals surface area contributed by atoms with Crippen LogP contribution in [0.3, 0.4) is 0 Å². The highest BCUT2D eigenvalue weighted by Gasteiger charge is 2.20. The Bertz CT molecular complexity index is 463. The normalized spacial score (nSPS) is 16.9. The SMILES string of the molecule is Cc1cc(N)c(N)c(C(=O)OC2CCCCCC2)c1. The van der Waals surface area contributed by atoms with Gasteiger partial charge < -0.3 is 16.2 Å². The number of hydrogen-bond acceptors (Lipinski definition) is 4. The van der Waals surface area contributed by atoms with E-state index in [1.807, 2.05) is 6.92 Å². The first-order valence-electron chi connectivity index (χ1n) is 6.94. The van der Waals surface area contributed by atoms with Gasteiger partial charge in [0.05, 0.1) is 16.9 Å². The first-order valence-corrected chi connectivity index (χ1v) is 6.94. The van der Waals surface area contributed by atoms with E-state index >= 15 is 0 Å². The maximum atomic E-state index is 12.2. The van der Waals surface area contributed by atoms with Gasteiger partial charge in [-0.3, -0.25) is 0 Å². The van der Waals surface area contributed by atoms with Crippen molar-refractivity contribution in [3.63, 3.8) is 0 Å². The Morgan fingerprint density at radius 1 is 1.16 bits per heavy atom. The maximum absolute atomic E-state index is 12.2. The molecule has 1 aliphatic rings. The summed E-state index contributed by atoms with van der Waals surface area (Å²) in [5.74, 6) is -0.347. The summed E-state index contributed by atoms with van der Waals surface area (Å²) in [6.07, 6.45) is 6.64. The van der Waals surface area contributed by atoms with E-state index in [0.29, 0.717) is 16.9 Å². The number of rotatable bonds is 2. The molecule has 0 amide bonds. The van der Waals surface area contributed by atoms with Crippen LogP contribution in [0.2, 0.25) is 0 Å². The van der Waals surface area contributed by atoms with Gasteiger partial charge >= 0.3 is 5.97 Å². The van der Waals surface area contributed by atoms with Crippen molar-refractivity contribution < 1.29 is 9.53 Å². The molecule has 1 aliphatic carbocycles. The average molecular weight is 262 g/mol. The van der Waals surface area contributed by atoms with Gasteiger partial charge in [0.1, 0.15) is 6.10 Å². The molecule has 104 valence electrons. The predicted molar refractivity (Wildman–Crippen MR) is 76.9 cm³/mol. The number of benzene rings is 1. The van der Waals surface area contributed by atoms with E-state index in [1.54, 1.807) is 12.1 Å². The third kappa shape index (κ3) is 3.40. The highest BCUT2D eigenvalue weighted by molar-refractivity contribution is 5.98. The van der Waals surface area contributed by atoms with Crippen LogP contribution in [0.15, 0.2) is 12.1 Å². The maximum Gasteiger partial charge on any atom is 0.340 e. The van der Waals surface area contributed by atoms with Gasteiger partial charge in [-0.2, -0.15) is 0 Å². The Morgan fingerprint density at radius 3 is 2.42 bits per heavy atom. The van der Waals surface area contributed by atoms with Crippen LogP contribution in [0.1, 0.15) is 54.4 Å². The molecule has 4 nitrogen and oxygen atoms in total. The minimum Gasteiger partial charge on any atom is -0.459 e. The lowest BCUT2D eigenvalue weighted by atomic mass is 10.1. The van der Waals surface area contributed by atoms with Gasteiger partial charge in [-0.1, -0.05) is 12.8 Å². The fraction of sp³-hybridized carbons (Fsp3) is 0.533.